The number of aromatic amines is 2. The Hall–Kier alpha value is -5.87. The molecule has 4 aromatic heterocycles. The Morgan fingerprint density at radius 1 is 0.625 bits per heavy atom. The van der Waals surface area contributed by atoms with Crippen LogP contribution in [0.2, 0.25) is 0 Å². The number of ketones is 2. The molecule has 0 bridgehead atoms. The Bertz CT molecular complexity index is 3320. The van der Waals surface area contributed by atoms with Crippen LogP contribution in [-0.2, 0) is 71.5 Å². The van der Waals surface area contributed by atoms with Crippen molar-refractivity contribution < 1.29 is 52.3 Å². The predicted octanol–water partition coefficient (Wildman–Crippen LogP) is 16.1. The van der Waals surface area contributed by atoms with Gasteiger partial charge < -0.3 is 31.0 Å². The van der Waals surface area contributed by atoms with Gasteiger partial charge in [-0.15, -0.1) is 24.8 Å². The molecule has 5 heterocycles. The Balaban J connectivity index is 0.000000591. The summed E-state index contributed by atoms with van der Waals surface area (Å²) in [6.45, 7) is 15.5. The van der Waals surface area contributed by atoms with Gasteiger partial charge in [0, 0.05) is 91.7 Å². The average Bonchev–Trinajstić information content (AvgIpc) is 1.73. The van der Waals surface area contributed by atoms with Crippen molar-refractivity contribution in [1.82, 2.24) is 24.8 Å². The molecule has 1 amide bonds. The van der Waals surface area contributed by atoms with Crippen molar-refractivity contribution in [2.45, 2.75) is 153 Å². The fraction of sp³-hybridized carbons (Fsp3) is 0.477. The van der Waals surface area contributed by atoms with Crippen molar-refractivity contribution in [2.24, 2.45) is 11.8 Å². The number of pyridine rings is 2. The number of halogens is 2. The summed E-state index contributed by atoms with van der Waals surface area (Å²) in [6, 6.07) is 23.3. The molecule has 18 nitrogen and oxygen atoms in total. The zero-order valence-electron chi connectivity index (χ0n) is 52.3. The summed E-state index contributed by atoms with van der Waals surface area (Å²) >= 11 is 0. The molecular weight excluding hydrogens is 1220 g/mol. The fourth-order valence-electron chi connectivity index (χ4n) is 8.69. The van der Waals surface area contributed by atoms with Crippen molar-refractivity contribution in [3.05, 3.63) is 120 Å². The summed E-state index contributed by atoms with van der Waals surface area (Å²) in [5.41, 5.74) is 13.4. The number of amides is 1. The molecule has 0 spiro atoms. The second kappa shape index (κ2) is 41.4. The van der Waals surface area contributed by atoms with E-state index in [1.165, 1.54) is 32.6 Å². The number of hydrogen-bond acceptors (Lipinski definition) is 14. The van der Waals surface area contributed by atoms with Crippen LogP contribution in [0.25, 0.3) is 22.1 Å². The third-order valence-electron chi connectivity index (χ3n) is 13.5. The van der Waals surface area contributed by atoms with Crippen LogP contribution in [0.1, 0.15) is 151 Å². The van der Waals surface area contributed by atoms with Crippen LogP contribution < -0.4 is 11.1 Å². The fourth-order valence-corrected chi connectivity index (χ4v) is 18.0. The lowest BCUT2D eigenvalue weighted by atomic mass is 10.0. The van der Waals surface area contributed by atoms with Crippen molar-refractivity contribution in [2.75, 3.05) is 49.2 Å². The molecule has 1 aliphatic heterocycles. The van der Waals surface area contributed by atoms with Gasteiger partial charge in [0.1, 0.15) is 22.9 Å². The van der Waals surface area contributed by atoms with Crippen LogP contribution in [0, 0.1) is 35.5 Å². The number of carbonyl (C=O) groups excluding carboxylic acids is 3. The summed E-state index contributed by atoms with van der Waals surface area (Å²) in [5, 5.41) is 13.0. The standard InChI is InChI=1S/C24H23N3O2.C18H19N3O.C9H21O6P3.C6H15N.C6H6O2.2CH4.2ClH/c28-21(10-8-19-12-14-25-24-22(19)13-15-26-24)9-6-18-2-1-3-20(16-18)27-23(29)11-7-17-4-5-17;19-15-3-1-2-13(12-15)4-6-16(22)7-5-14-8-10-20-18-17(14)9-11-21-18;1-4-7-16(10)13-17(11,8-5-2)15-18(12,14-16)9-6-3;1-4-7(5-2)6-3;7-6(8)4-3-5-1-2-5;;;;/h1-3,12-17H,4-6,8-10H2,(H,25,26)(H,27,29);1-3,8-12H,4-7,19H2,(H,20,21);4-9H2,1-3H3;4-6H2,1-3H3;5H,1-2H2,(H,7,8);2*1H4;2*1H/i;;;;;1D;;;. The maximum Gasteiger partial charge on any atom is 0.381 e. The number of aromatic nitrogens is 4. The van der Waals surface area contributed by atoms with E-state index in [0.717, 1.165) is 88.7 Å². The highest BCUT2D eigenvalue weighted by Crippen LogP contribution is 2.82. The summed E-state index contributed by atoms with van der Waals surface area (Å²) in [6.07, 6.45) is 18.6. The summed E-state index contributed by atoms with van der Waals surface area (Å²) in [7, 11) is -9.45. The van der Waals surface area contributed by atoms with E-state index in [1.54, 1.807) is 33.2 Å². The third kappa shape index (κ3) is 29.6. The van der Waals surface area contributed by atoms with E-state index in [0.29, 0.717) is 69.6 Å². The second-order valence-electron chi connectivity index (χ2n) is 20.7. The van der Waals surface area contributed by atoms with Gasteiger partial charge >= 0.3 is 28.8 Å². The Morgan fingerprint density at radius 3 is 1.42 bits per heavy atom. The Labute approximate surface area is 536 Å². The predicted molar refractivity (Wildman–Crippen MR) is 363 cm³/mol. The maximum absolute atomic E-state index is 12.4. The molecule has 23 heteroatoms. The Morgan fingerprint density at radius 2 is 1.03 bits per heavy atom. The number of nitrogen functional groups attached to an aromatic ring is 1. The monoisotopic (exact) mass is 1310 g/mol. The van der Waals surface area contributed by atoms with Crippen LogP contribution in [0.4, 0.5) is 11.4 Å². The number of H-pyrrole nitrogens is 2. The van der Waals surface area contributed by atoms with Gasteiger partial charge in [0.05, 0.1) is 18.5 Å². The average molecular weight is 1310 g/mol. The lowest BCUT2D eigenvalue weighted by Gasteiger charge is -2.33. The number of fused-ring (bicyclic) bond motifs is 2. The second-order valence-corrected chi connectivity index (χ2v) is 27.6. The third-order valence-corrected chi connectivity index (χ3v) is 22.4. The minimum absolute atomic E-state index is 0. The number of aliphatic carboxylic acids is 1. The molecule has 2 saturated carbocycles. The van der Waals surface area contributed by atoms with Gasteiger partial charge in [-0.1, -0.05) is 92.5 Å². The Kier molecular flexibility index (Phi) is 36.8. The number of benzene rings is 2. The van der Waals surface area contributed by atoms with Crippen LogP contribution in [0.15, 0.2) is 97.6 Å². The van der Waals surface area contributed by atoms with Gasteiger partial charge in [0.25, 0.3) is 5.91 Å². The van der Waals surface area contributed by atoms with Gasteiger partial charge in [-0.2, -0.15) is 0 Å². The topological polar surface area (TPSA) is 266 Å². The first kappa shape index (κ1) is 78.2. The smallest absolute Gasteiger partial charge is 0.381 e. The highest BCUT2D eigenvalue weighted by Gasteiger charge is 2.51. The van der Waals surface area contributed by atoms with Crippen molar-refractivity contribution in [1.29, 1.82) is 0 Å². The number of carbonyl (C=O) groups is 4. The van der Waals surface area contributed by atoms with E-state index in [9.17, 15) is 32.9 Å². The van der Waals surface area contributed by atoms with E-state index < -0.39 is 28.8 Å². The SMILES string of the molecule is C.CCCP1(=O)OP(=O)(CCC)OP(=O)(CCC)O1.CCN(CC)CC.Cl.Cl.Nc1cccc(CCC(=O)CCc2ccnc3[nH]ccc23)c1.O=C(CCc1cccc(NC(=O)C#CC2CC2)c1)CCc1ccnc2[nH]ccc12.O=C(O)C#CC1CC1.[2H]C. The largest absolute Gasteiger partial charge is 0.472 e. The van der Waals surface area contributed by atoms with Gasteiger partial charge in [-0.05, 0) is 167 Å². The summed E-state index contributed by atoms with van der Waals surface area (Å²) < 4.78 is 58.0. The lowest BCUT2D eigenvalue weighted by molar-refractivity contribution is -0.130. The molecule has 3 aliphatic rings. The number of nitrogens with two attached hydrogens (primary N) is 1. The molecule has 2 aliphatic carbocycles. The number of carboxylic acid groups (broad SMARTS) is 1. The number of carboxylic acids is 1. The van der Waals surface area contributed by atoms with Crippen molar-refractivity contribution in [3.63, 3.8) is 0 Å². The number of nitrogens with one attached hydrogen (secondary N) is 3. The zero-order valence-corrected chi connectivity index (χ0v) is 55.7. The van der Waals surface area contributed by atoms with Gasteiger partial charge in [0.2, 0.25) is 0 Å². The van der Waals surface area contributed by atoms with Crippen molar-refractivity contribution >= 4 is 104 Å². The molecular formula is C65H94Cl2N7O11P3. The number of rotatable bonds is 22. The summed E-state index contributed by atoms with van der Waals surface area (Å²) in [5.74, 6) is 10.3. The van der Waals surface area contributed by atoms with Crippen LogP contribution in [0.5, 0.6) is 0 Å². The minimum atomic E-state index is -3.57. The van der Waals surface area contributed by atoms with Gasteiger partial charge in [0.15, 0.2) is 0 Å². The molecule has 1 saturated heterocycles. The first-order valence-corrected chi connectivity index (χ1v) is 34.5. The number of nitrogens with zero attached hydrogens (tertiary/aromatic N) is 3. The summed E-state index contributed by atoms with van der Waals surface area (Å²) in [4.78, 5) is 63.2. The highest BCUT2D eigenvalue weighted by atomic mass is 35.5. The molecule has 6 N–H and O–H groups in total. The molecule has 0 radical (unpaired) electrons. The lowest BCUT2D eigenvalue weighted by Crippen LogP contribution is -2.21. The quantitative estimate of drug-likeness (QED) is 0.0240. The van der Waals surface area contributed by atoms with E-state index >= 15 is 0 Å². The van der Waals surface area contributed by atoms with E-state index in [2.05, 4.69) is 74.6 Å². The van der Waals surface area contributed by atoms with Gasteiger partial charge in [-0.3, -0.25) is 28.1 Å². The van der Waals surface area contributed by atoms with E-state index in [1.807, 2.05) is 85.2 Å². The molecule has 3 fully saturated rings. The van der Waals surface area contributed by atoms with Crippen LogP contribution in [-0.4, -0.2) is 91.5 Å². The minimum Gasteiger partial charge on any atom is -0.472 e. The number of anilines is 2. The number of aryl methyl sites for hydroxylation is 4. The van der Waals surface area contributed by atoms with E-state index in [4.69, 9.17) is 25.1 Å². The van der Waals surface area contributed by atoms with Crippen LogP contribution in [0.3, 0.4) is 0 Å². The number of hydrogen-bond donors (Lipinski definition) is 5. The van der Waals surface area contributed by atoms with E-state index in [-0.39, 0.29) is 68.2 Å². The normalized spacial score (nSPS) is 17.8. The molecule has 9 rings (SSSR count). The first-order valence-electron chi connectivity index (χ1n) is 30.3. The van der Waals surface area contributed by atoms with Crippen LogP contribution >= 0.6 is 47.6 Å². The molecule has 0 unspecified atom stereocenters. The highest BCUT2D eigenvalue weighted by molar-refractivity contribution is 7.80. The zero-order chi connectivity index (χ0) is 63.0. The molecule has 2 aromatic carbocycles. The van der Waals surface area contributed by atoms with Crippen molar-refractivity contribution in [3.8, 4) is 23.7 Å². The van der Waals surface area contributed by atoms with Gasteiger partial charge in [-0.25, -0.2) is 27.7 Å². The molecule has 6 aromatic rings. The first-order chi connectivity index (χ1) is 41.3. The maximum atomic E-state index is 12.4. The number of Topliss-reactive ketones (excluding diaryl/α,β-unsaturated/α-hetero) is 2. The molecule has 0 atom stereocenters. The molecule has 88 heavy (non-hydrogen) atoms. The molecule has 484 valence electrons.